The van der Waals surface area contributed by atoms with Gasteiger partial charge < -0.3 is 14.6 Å². The van der Waals surface area contributed by atoms with Gasteiger partial charge in [0.1, 0.15) is 19.0 Å². The Bertz CT molecular complexity index is 846. The second-order valence-corrected chi connectivity index (χ2v) is 8.08. The standard InChI is InChI=1S/C26H32O4/c1-3-4-26(28)30-18-23-17-22(20-7-5-19(2)6-8-20)11-14-25(23)21-9-12-24(13-10-21)29-16-15-27/h3-4,9-14,17,19-20,27H,5-8,15-16,18H2,1-2H3/b4-3+. The fourth-order valence-corrected chi connectivity index (χ4v) is 4.09. The van der Waals surface area contributed by atoms with E-state index in [0.29, 0.717) is 5.92 Å². The molecule has 3 rings (SSSR count). The molecule has 0 heterocycles. The molecule has 2 aromatic carbocycles. The third-order valence-corrected chi connectivity index (χ3v) is 5.81. The Morgan fingerprint density at radius 2 is 1.83 bits per heavy atom. The van der Waals surface area contributed by atoms with Gasteiger partial charge >= 0.3 is 5.97 Å². The monoisotopic (exact) mass is 408 g/mol. The van der Waals surface area contributed by atoms with E-state index in [1.54, 1.807) is 13.0 Å². The van der Waals surface area contributed by atoms with E-state index < -0.39 is 0 Å². The van der Waals surface area contributed by atoms with Crippen LogP contribution in [0.3, 0.4) is 0 Å². The Morgan fingerprint density at radius 1 is 1.10 bits per heavy atom. The molecule has 1 fully saturated rings. The van der Waals surface area contributed by atoms with Crippen LogP contribution < -0.4 is 4.74 Å². The van der Waals surface area contributed by atoms with Gasteiger partial charge in [0.05, 0.1) is 6.61 Å². The van der Waals surface area contributed by atoms with E-state index in [1.807, 2.05) is 24.3 Å². The summed E-state index contributed by atoms with van der Waals surface area (Å²) in [6.07, 6.45) is 8.11. The van der Waals surface area contributed by atoms with Crippen LogP contribution in [-0.2, 0) is 16.1 Å². The van der Waals surface area contributed by atoms with Crippen molar-refractivity contribution in [3.8, 4) is 16.9 Å². The number of ether oxygens (including phenoxy) is 2. The SMILES string of the molecule is C/C=C/C(=O)OCc1cc(C2CCC(C)CC2)ccc1-c1ccc(OCCO)cc1. The largest absolute Gasteiger partial charge is 0.491 e. The Kier molecular flexibility index (Phi) is 8.09. The number of esters is 1. The van der Waals surface area contributed by atoms with E-state index in [1.165, 1.54) is 37.3 Å². The van der Waals surface area contributed by atoms with Crippen LogP contribution in [0.2, 0.25) is 0 Å². The lowest BCUT2D eigenvalue weighted by molar-refractivity contribution is -0.139. The molecule has 2 aromatic rings. The van der Waals surface area contributed by atoms with Crippen LogP contribution in [0, 0.1) is 5.92 Å². The lowest BCUT2D eigenvalue weighted by Gasteiger charge is -2.27. The maximum absolute atomic E-state index is 11.9. The summed E-state index contributed by atoms with van der Waals surface area (Å²) in [6, 6.07) is 14.4. The first kappa shape index (κ1) is 22.1. The minimum absolute atomic E-state index is 0.00905. The van der Waals surface area contributed by atoms with Crippen molar-refractivity contribution in [3.63, 3.8) is 0 Å². The third kappa shape index (κ3) is 5.96. The van der Waals surface area contributed by atoms with Gasteiger partial charge in [-0.3, -0.25) is 0 Å². The first-order valence-electron chi connectivity index (χ1n) is 10.9. The Labute approximate surface area is 179 Å². The molecule has 0 spiro atoms. The average molecular weight is 409 g/mol. The molecule has 0 saturated heterocycles. The Hall–Kier alpha value is -2.59. The van der Waals surface area contributed by atoms with Crippen molar-refractivity contribution >= 4 is 5.97 Å². The van der Waals surface area contributed by atoms with Crippen LogP contribution in [-0.4, -0.2) is 24.3 Å². The first-order valence-corrected chi connectivity index (χ1v) is 10.9. The van der Waals surface area contributed by atoms with Gasteiger partial charge in [-0.15, -0.1) is 0 Å². The molecule has 1 aliphatic rings. The van der Waals surface area contributed by atoms with Gasteiger partial charge in [0.2, 0.25) is 0 Å². The second-order valence-electron chi connectivity index (χ2n) is 8.08. The smallest absolute Gasteiger partial charge is 0.330 e. The van der Waals surface area contributed by atoms with Crippen molar-refractivity contribution in [2.24, 2.45) is 5.92 Å². The van der Waals surface area contributed by atoms with Gasteiger partial charge in [0, 0.05) is 6.08 Å². The summed E-state index contributed by atoms with van der Waals surface area (Å²) in [5, 5.41) is 8.92. The van der Waals surface area contributed by atoms with E-state index in [9.17, 15) is 4.79 Å². The minimum Gasteiger partial charge on any atom is -0.491 e. The molecule has 1 N–H and O–H groups in total. The predicted molar refractivity (Wildman–Crippen MR) is 119 cm³/mol. The Balaban J connectivity index is 1.85. The number of aliphatic hydroxyl groups excluding tert-OH is 1. The molecule has 0 radical (unpaired) electrons. The van der Waals surface area contributed by atoms with Gasteiger partial charge in [-0.1, -0.05) is 56.2 Å². The van der Waals surface area contributed by atoms with Gasteiger partial charge in [-0.2, -0.15) is 0 Å². The van der Waals surface area contributed by atoms with Gasteiger partial charge in [-0.25, -0.2) is 4.79 Å². The van der Waals surface area contributed by atoms with E-state index in [4.69, 9.17) is 14.6 Å². The van der Waals surface area contributed by atoms with Gasteiger partial charge in [-0.05, 0) is 66.0 Å². The molecule has 1 saturated carbocycles. The number of carbonyl (C=O) groups is 1. The number of aliphatic hydroxyl groups is 1. The number of rotatable bonds is 8. The summed E-state index contributed by atoms with van der Waals surface area (Å²) in [5.41, 5.74) is 4.47. The number of benzene rings is 2. The fraction of sp³-hybridized carbons (Fsp3) is 0.423. The lowest BCUT2D eigenvalue weighted by atomic mass is 9.78. The van der Waals surface area contributed by atoms with Crippen molar-refractivity contribution in [1.82, 2.24) is 0 Å². The molecule has 0 unspecified atom stereocenters. The summed E-state index contributed by atoms with van der Waals surface area (Å²) in [6.45, 7) is 4.65. The molecular weight excluding hydrogens is 376 g/mol. The van der Waals surface area contributed by atoms with Crippen molar-refractivity contribution in [1.29, 1.82) is 0 Å². The van der Waals surface area contributed by atoms with Crippen LogP contribution in [0.5, 0.6) is 5.75 Å². The molecule has 0 bridgehead atoms. The van der Waals surface area contributed by atoms with Crippen molar-refractivity contribution in [2.75, 3.05) is 13.2 Å². The highest BCUT2D eigenvalue weighted by molar-refractivity contribution is 5.82. The van der Waals surface area contributed by atoms with Gasteiger partial charge in [0.25, 0.3) is 0 Å². The number of carbonyl (C=O) groups excluding carboxylic acids is 1. The normalized spacial score (nSPS) is 19.0. The molecule has 160 valence electrons. The molecule has 0 aliphatic heterocycles. The van der Waals surface area contributed by atoms with Crippen LogP contribution in [0.25, 0.3) is 11.1 Å². The molecule has 0 atom stereocenters. The second kappa shape index (κ2) is 11.0. The third-order valence-electron chi connectivity index (χ3n) is 5.81. The summed E-state index contributed by atoms with van der Waals surface area (Å²) in [7, 11) is 0. The first-order chi connectivity index (χ1) is 14.6. The summed E-state index contributed by atoms with van der Waals surface area (Å²) < 4.78 is 11.0. The van der Waals surface area contributed by atoms with E-state index in [0.717, 1.165) is 28.4 Å². The van der Waals surface area contributed by atoms with Crippen molar-refractivity contribution in [3.05, 3.63) is 65.7 Å². The highest BCUT2D eigenvalue weighted by Gasteiger charge is 2.21. The molecular formula is C26H32O4. The van der Waals surface area contributed by atoms with Crippen LogP contribution >= 0.6 is 0 Å². The van der Waals surface area contributed by atoms with Crippen LogP contribution in [0.4, 0.5) is 0 Å². The summed E-state index contributed by atoms with van der Waals surface area (Å²) in [5.74, 6) is 1.79. The van der Waals surface area contributed by atoms with Crippen molar-refractivity contribution < 1.29 is 19.4 Å². The Morgan fingerprint density at radius 3 is 2.50 bits per heavy atom. The van der Waals surface area contributed by atoms with E-state index in [-0.39, 0.29) is 25.8 Å². The zero-order valence-corrected chi connectivity index (χ0v) is 18.0. The summed E-state index contributed by atoms with van der Waals surface area (Å²) in [4.78, 5) is 11.9. The minimum atomic E-state index is -0.326. The quantitative estimate of drug-likeness (QED) is 0.454. The molecule has 0 amide bonds. The topological polar surface area (TPSA) is 55.8 Å². The lowest BCUT2D eigenvalue weighted by Crippen LogP contribution is -2.11. The maximum Gasteiger partial charge on any atom is 0.330 e. The zero-order valence-electron chi connectivity index (χ0n) is 18.0. The van der Waals surface area contributed by atoms with Gasteiger partial charge in [0.15, 0.2) is 0 Å². The number of hydrogen-bond acceptors (Lipinski definition) is 4. The van der Waals surface area contributed by atoms with Crippen molar-refractivity contribution in [2.45, 2.75) is 52.1 Å². The number of allylic oxidation sites excluding steroid dienone is 1. The maximum atomic E-state index is 11.9. The van der Waals surface area contributed by atoms with E-state index >= 15 is 0 Å². The molecule has 4 heteroatoms. The number of hydrogen-bond donors (Lipinski definition) is 1. The van der Waals surface area contributed by atoms with E-state index in [2.05, 4.69) is 25.1 Å². The van der Waals surface area contributed by atoms with Crippen LogP contribution in [0.15, 0.2) is 54.6 Å². The highest BCUT2D eigenvalue weighted by Crippen LogP contribution is 2.37. The predicted octanol–water partition coefficient (Wildman–Crippen LogP) is 5.64. The van der Waals surface area contributed by atoms with Crippen LogP contribution in [0.1, 0.15) is 56.6 Å². The molecule has 0 aromatic heterocycles. The fourth-order valence-electron chi connectivity index (χ4n) is 4.09. The zero-order chi connectivity index (χ0) is 21.3. The highest BCUT2D eigenvalue weighted by atomic mass is 16.5. The molecule has 1 aliphatic carbocycles. The molecule has 4 nitrogen and oxygen atoms in total. The summed E-state index contributed by atoms with van der Waals surface area (Å²) >= 11 is 0. The average Bonchev–Trinajstić information content (AvgIpc) is 2.77. The molecule has 30 heavy (non-hydrogen) atoms.